The Morgan fingerprint density at radius 1 is 1.50 bits per heavy atom. The van der Waals surface area contributed by atoms with Gasteiger partial charge in [-0.1, -0.05) is 19.9 Å². The average Bonchev–Trinajstić information content (AvgIpc) is 2.86. The maximum atomic E-state index is 10.2. The van der Waals surface area contributed by atoms with E-state index in [9.17, 15) is 5.11 Å². The van der Waals surface area contributed by atoms with Crippen LogP contribution < -0.4 is 4.74 Å². The van der Waals surface area contributed by atoms with Crippen molar-refractivity contribution in [2.24, 2.45) is 11.3 Å². The van der Waals surface area contributed by atoms with Crippen LogP contribution in [0.1, 0.15) is 31.9 Å². The summed E-state index contributed by atoms with van der Waals surface area (Å²) < 4.78 is 6.06. The van der Waals surface area contributed by atoms with Gasteiger partial charge in [0, 0.05) is 0 Å². The van der Waals surface area contributed by atoms with Crippen molar-refractivity contribution in [3.8, 4) is 5.75 Å². The molecule has 0 aromatic heterocycles. The summed E-state index contributed by atoms with van der Waals surface area (Å²) in [5.74, 6) is 1.18. The van der Waals surface area contributed by atoms with E-state index in [1.807, 2.05) is 18.2 Å². The molecule has 0 spiro atoms. The summed E-state index contributed by atoms with van der Waals surface area (Å²) in [7, 11) is 1.64. The molecule has 2 atom stereocenters. The molecular formula is C13H17BrO2. The summed E-state index contributed by atoms with van der Waals surface area (Å²) in [6.07, 6.45) is 0.731. The highest BCUT2D eigenvalue weighted by Crippen LogP contribution is 2.57. The number of benzene rings is 1. The van der Waals surface area contributed by atoms with Gasteiger partial charge >= 0.3 is 0 Å². The smallest absolute Gasteiger partial charge is 0.133 e. The van der Waals surface area contributed by atoms with Gasteiger partial charge in [0.05, 0.1) is 17.7 Å². The first-order valence-corrected chi connectivity index (χ1v) is 6.26. The number of rotatable bonds is 3. The van der Waals surface area contributed by atoms with Crippen LogP contribution in [0.5, 0.6) is 5.75 Å². The second-order valence-electron chi connectivity index (χ2n) is 5.14. The third kappa shape index (κ3) is 2.11. The first-order valence-electron chi connectivity index (χ1n) is 5.47. The molecule has 3 heteroatoms. The van der Waals surface area contributed by atoms with Gasteiger partial charge in [0.1, 0.15) is 5.75 Å². The van der Waals surface area contributed by atoms with E-state index in [-0.39, 0.29) is 11.5 Å². The molecule has 1 saturated carbocycles. The normalized spacial score (nSPS) is 23.9. The second-order valence-corrected chi connectivity index (χ2v) is 5.99. The van der Waals surface area contributed by atoms with Gasteiger partial charge in [0.2, 0.25) is 0 Å². The lowest BCUT2D eigenvalue weighted by molar-refractivity contribution is 0.138. The van der Waals surface area contributed by atoms with Crippen molar-refractivity contribution < 1.29 is 9.84 Å². The van der Waals surface area contributed by atoms with Crippen LogP contribution in [0.3, 0.4) is 0 Å². The minimum atomic E-state index is -0.364. The molecular weight excluding hydrogens is 268 g/mol. The molecule has 16 heavy (non-hydrogen) atoms. The minimum absolute atomic E-state index is 0.284. The SMILES string of the molecule is COc1ccc(C(O)C2CC2(C)C)cc1Br. The van der Waals surface area contributed by atoms with Crippen molar-refractivity contribution in [1.29, 1.82) is 0 Å². The fourth-order valence-corrected chi connectivity index (χ4v) is 2.70. The average molecular weight is 285 g/mol. The zero-order valence-corrected chi connectivity index (χ0v) is 11.4. The van der Waals surface area contributed by atoms with Gasteiger partial charge in [-0.3, -0.25) is 0 Å². The van der Waals surface area contributed by atoms with Gasteiger partial charge in [-0.2, -0.15) is 0 Å². The molecule has 2 rings (SSSR count). The van der Waals surface area contributed by atoms with E-state index in [4.69, 9.17) is 4.74 Å². The Kier molecular flexibility index (Phi) is 3.01. The minimum Gasteiger partial charge on any atom is -0.496 e. The number of hydrogen-bond acceptors (Lipinski definition) is 2. The summed E-state index contributed by atoms with van der Waals surface area (Å²) >= 11 is 3.44. The second kappa shape index (κ2) is 4.04. The Hall–Kier alpha value is -0.540. The van der Waals surface area contributed by atoms with Crippen molar-refractivity contribution in [3.05, 3.63) is 28.2 Å². The molecule has 1 aromatic rings. The van der Waals surface area contributed by atoms with Crippen LogP contribution in [0, 0.1) is 11.3 Å². The molecule has 2 unspecified atom stereocenters. The number of methoxy groups -OCH3 is 1. The summed E-state index contributed by atoms with van der Waals surface area (Å²) in [4.78, 5) is 0. The van der Waals surface area contributed by atoms with Crippen LogP contribution in [0.2, 0.25) is 0 Å². The van der Waals surface area contributed by atoms with Gasteiger partial charge in [-0.05, 0) is 51.4 Å². The largest absolute Gasteiger partial charge is 0.496 e. The Bertz CT molecular complexity index is 401. The first-order chi connectivity index (χ1) is 7.45. The Labute approximate surface area is 105 Å². The number of hydrogen-bond donors (Lipinski definition) is 1. The maximum Gasteiger partial charge on any atom is 0.133 e. The van der Waals surface area contributed by atoms with Crippen LogP contribution in [0.15, 0.2) is 22.7 Å². The highest BCUT2D eigenvalue weighted by molar-refractivity contribution is 9.10. The van der Waals surface area contributed by atoms with Crippen LogP contribution >= 0.6 is 15.9 Å². The van der Waals surface area contributed by atoms with Gasteiger partial charge in [0.15, 0.2) is 0 Å². The van der Waals surface area contributed by atoms with Crippen LogP contribution in [-0.2, 0) is 0 Å². The predicted octanol–water partition coefficient (Wildman–Crippen LogP) is 3.54. The van der Waals surface area contributed by atoms with Crippen molar-refractivity contribution >= 4 is 15.9 Å². The zero-order valence-electron chi connectivity index (χ0n) is 9.83. The highest BCUT2D eigenvalue weighted by Gasteiger charge is 2.50. The molecule has 1 aliphatic rings. The van der Waals surface area contributed by atoms with Crippen LogP contribution in [0.25, 0.3) is 0 Å². The lowest BCUT2D eigenvalue weighted by atomic mass is 10.00. The van der Waals surface area contributed by atoms with Crippen LogP contribution in [0.4, 0.5) is 0 Å². The maximum absolute atomic E-state index is 10.2. The molecule has 1 fully saturated rings. The molecule has 0 aliphatic heterocycles. The fourth-order valence-electron chi connectivity index (χ4n) is 2.15. The number of aliphatic hydroxyl groups is 1. The molecule has 0 saturated heterocycles. The van der Waals surface area contributed by atoms with Gasteiger partial charge in [-0.15, -0.1) is 0 Å². The van der Waals surface area contributed by atoms with Crippen molar-refractivity contribution in [1.82, 2.24) is 0 Å². The van der Waals surface area contributed by atoms with E-state index in [0.717, 1.165) is 22.2 Å². The van der Waals surface area contributed by atoms with Gasteiger partial charge in [0.25, 0.3) is 0 Å². The number of halogens is 1. The van der Waals surface area contributed by atoms with E-state index in [2.05, 4.69) is 29.8 Å². The lowest BCUT2D eigenvalue weighted by Crippen LogP contribution is -2.04. The van der Waals surface area contributed by atoms with Gasteiger partial charge in [-0.25, -0.2) is 0 Å². The summed E-state index contributed by atoms with van der Waals surface area (Å²) in [5, 5.41) is 10.2. The van der Waals surface area contributed by atoms with Crippen molar-refractivity contribution in [2.45, 2.75) is 26.4 Å². The van der Waals surface area contributed by atoms with Gasteiger partial charge < -0.3 is 9.84 Å². The fraction of sp³-hybridized carbons (Fsp3) is 0.538. The summed E-state index contributed by atoms with van der Waals surface area (Å²) in [5.41, 5.74) is 1.24. The molecule has 1 aromatic carbocycles. The molecule has 0 bridgehead atoms. The van der Waals surface area contributed by atoms with Crippen molar-refractivity contribution in [2.75, 3.05) is 7.11 Å². The highest BCUT2D eigenvalue weighted by atomic mass is 79.9. The number of aliphatic hydroxyl groups excluding tert-OH is 1. The Morgan fingerprint density at radius 2 is 2.12 bits per heavy atom. The topological polar surface area (TPSA) is 29.5 Å². The van der Waals surface area contributed by atoms with Crippen molar-refractivity contribution in [3.63, 3.8) is 0 Å². The van der Waals surface area contributed by atoms with E-state index in [1.54, 1.807) is 7.11 Å². The Balaban J connectivity index is 2.19. The predicted molar refractivity (Wildman–Crippen MR) is 67.5 cm³/mol. The zero-order chi connectivity index (χ0) is 11.9. The van der Waals surface area contributed by atoms with E-state index in [0.29, 0.717) is 5.92 Å². The monoisotopic (exact) mass is 284 g/mol. The Morgan fingerprint density at radius 3 is 2.56 bits per heavy atom. The summed E-state index contributed by atoms with van der Waals surface area (Å²) in [6.45, 7) is 4.39. The van der Waals surface area contributed by atoms with E-state index < -0.39 is 0 Å². The first kappa shape index (κ1) is 11.9. The van der Waals surface area contributed by atoms with Crippen LogP contribution in [-0.4, -0.2) is 12.2 Å². The molecule has 1 N–H and O–H groups in total. The summed E-state index contributed by atoms with van der Waals surface area (Å²) in [6, 6.07) is 5.76. The molecule has 0 radical (unpaired) electrons. The molecule has 2 nitrogen and oxygen atoms in total. The molecule has 0 heterocycles. The number of ether oxygens (including phenoxy) is 1. The third-order valence-electron chi connectivity index (χ3n) is 3.49. The third-order valence-corrected chi connectivity index (χ3v) is 4.11. The van der Waals surface area contributed by atoms with E-state index >= 15 is 0 Å². The molecule has 1 aliphatic carbocycles. The lowest BCUT2D eigenvalue weighted by Gasteiger charge is -2.14. The standard InChI is InChI=1S/C13H17BrO2/c1-13(2)7-9(13)12(15)8-4-5-11(16-3)10(14)6-8/h4-6,9,12,15H,7H2,1-3H3. The van der Waals surface area contributed by atoms with E-state index in [1.165, 1.54) is 0 Å². The molecule has 88 valence electrons. The molecule has 0 amide bonds. The quantitative estimate of drug-likeness (QED) is 0.920.